The summed E-state index contributed by atoms with van der Waals surface area (Å²) in [5.41, 5.74) is 0. The second kappa shape index (κ2) is 5.63. The van der Waals surface area contributed by atoms with E-state index in [1.54, 1.807) is 0 Å². The van der Waals surface area contributed by atoms with Crippen LogP contribution >= 0.6 is 0 Å². The summed E-state index contributed by atoms with van der Waals surface area (Å²) in [7, 11) is -3.09. The van der Waals surface area contributed by atoms with Gasteiger partial charge in [0.2, 0.25) is 15.9 Å². The molecule has 0 aromatic rings. The molecule has 1 heterocycles. The number of nitrogens with zero attached hydrogens (tertiary/aromatic N) is 1. The van der Waals surface area contributed by atoms with E-state index in [4.69, 9.17) is 0 Å². The highest BCUT2D eigenvalue weighted by Crippen LogP contribution is 2.19. The van der Waals surface area contributed by atoms with Crippen LogP contribution in [0.1, 0.15) is 26.2 Å². The zero-order valence-electron chi connectivity index (χ0n) is 9.90. The molecular weight excluding hydrogens is 228 g/mol. The van der Waals surface area contributed by atoms with Crippen molar-refractivity contribution in [3.05, 3.63) is 0 Å². The standard InChI is InChI=1S/C10H20N2O3S/c1-3-6-11-10(13)9-4-7-12(8-5-9)16(2,14)15/h9H,3-8H2,1-2H3,(H,11,13). The van der Waals surface area contributed by atoms with Crippen LogP contribution in [-0.2, 0) is 14.8 Å². The van der Waals surface area contributed by atoms with Crippen molar-refractivity contribution in [2.75, 3.05) is 25.9 Å². The molecule has 0 atom stereocenters. The molecule has 0 aliphatic carbocycles. The fourth-order valence-electron chi connectivity index (χ4n) is 1.84. The first kappa shape index (κ1) is 13.4. The fourth-order valence-corrected chi connectivity index (χ4v) is 2.72. The first-order chi connectivity index (χ1) is 7.45. The van der Waals surface area contributed by atoms with E-state index in [1.807, 2.05) is 6.92 Å². The second-order valence-electron chi connectivity index (χ2n) is 4.23. The predicted molar refractivity (Wildman–Crippen MR) is 62.4 cm³/mol. The van der Waals surface area contributed by atoms with Crippen LogP contribution in [0, 0.1) is 5.92 Å². The molecule has 0 bridgehead atoms. The number of piperidine rings is 1. The number of nitrogens with one attached hydrogen (secondary N) is 1. The molecule has 1 aliphatic rings. The maximum absolute atomic E-state index is 11.6. The predicted octanol–water partition coefficient (Wildman–Crippen LogP) is 0.184. The molecule has 1 fully saturated rings. The first-order valence-corrected chi connectivity index (χ1v) is 7.52. The first-order valence-electron chi connectivity index (χ1n) is 5.68. The van der Waals surface area contributed by atoms with Gasteiger partial charge in [-0.3, -0.25) is 4.79 Å². The van der Waals surface area contributed by atoms with Gasteiger partial charge in [0.1, 0.15) is 0 Å². The van der Waals surface area contributed by atoms with Crippen LogP contribution in [0.2, 0.25) is 0 Å². The van der Waals surface area contributed by atoms with E-state index in [2.05, 4.69) is 5.32 Å². The van der Waals surface area contributed by atoms with Gasteiger partial charge in [0.25, 0.3) is 0 Å². The normalized spacial score (nSPS) is 19.6. The van der Waals surface area contributed by atoms with Gasteiger partial charge in [0.15, 0.2) is 0 Å². The highest BCUT2D eigenvalue weighted by Gasteiger charge is 2.28. The SMILES string of the molecule is CCCNC(=O)C1CCN(S(C)(=O)=O)CC1. The largest absolute Gasteiger partial charge is 0.356 e. The van der Waals surface area contributed by atoms with Crippen molar-refractivity contribution in [1.82, 2.24) is 9.62 Å². The molecule has 1 amide bonds. The van der Waals surface area contributed by atoms with E-state index < -0.39 is 10.0 Å². The van der Waals surface area contributed by atoms with Gasteiger partial charge in [-0.15, -0.1) is 0 Å². The Morgan fingerprint density at radius 3 is 2.38 bits per heavy atom. The lowest BCUT2D eigenvalue weighted by Gasteiger charge is -2.29. The zero-order valence-corrected chi connectivity index (χ0v) is 10.7. The lowest BCUT2D eigenvalue weighted by atomic mass is 9.97. The molecule has 0 radical (unpaired) electrons. The Balaban J connectivity index is 2.40. The number of carbonyl (C=O) groups is 1. The Labute approximate surface area is 97.2 Å². The molecular formula is C10H20N2O3S. The van der Waals surface area contributed by atoms with Gasteiger partial charge in [0.05, 0.1) is 6.26 Å². The van der Waals surface area contributed by atoms with Gasteiger partial charge in [-0.05, 0) is 19.3 Å². The number of hydrogen-bond acceptors (Lipinski definition) is 3. The molecule has 1 rings (SSSR count). The van der Waals surface area contributed by atoms with Crippen LogP contribution in [-0.4, -0.2) is 44.5 Å². The Morgan fingerprint density at radius 1 is 1.38 bits per heavy atom. The number of carbonyl (C=O) groups excluding carboxylic acids is 1. The Hall–Kier alpha value is -0.620. The third kappa shape index (κ3) is 3.75. The molecule has 0 aromatic carbocycles. The van der Waals surface area contributed by atoms with Gasteiger partial charge in [-0.25, -0.2) is 12.7 Å². The zero-order chi connectivity index (χ0) is 12.2. The number of amides is 1. The van der Waals surface area contributed by atoms with Crippen LogP contribution in [0.5, 0.6) is 0 Å². The average Bonchev–Trinajstić information content (AvgIpc) is 2.25. The van der Waals surface area contributed by atoms with E-state index >= 15 is 0 Å². The van der Waals surface area contributed by atoms with Crippen LogP contribution in [0.3, 0.4) is 0 Å². The molecule has 94 valence electrons. The third-order valence-electron chi connectivity index (χ3n) is 2.84. The topological polar surface area (TPSA) is 66.5 Å². The van der Waals surface area contributed by atoms with E-state index in [0.717, 1.165) is 6.42 Å². The summed E-state index contributed by atoms with van der Waals surface area (Å²) >= 11 is 0. The maximum Gasteiger partial charge on any atom is 0.223 e. The van der Waals surface area contributed by atoms with Crippen LogP contribution in [0.25, 0.3) is 0 Å². The number of sulfonamides is 1. The highest BCUT2D eigenvalue weighted by atomic mass is 32.2. The maximum atomic E-state index is 11.6. The molecule has 6 heteroatoms. The van der Waals surface area contributed by atoms with Crippen molar-refractivity contribution < 1.29 is 13.2 Å². The third-order valence-corrected chi connectivity index (χ3v) is 4.15. The van der Waals surface area contributed by atoms with Crippen molar-refractivity contribution in [1.29, 1.82) is 0 Å². The molecule has 5 nitrogen and oxygen atoms in total. The minimum Gasteiger partial charge on any atom is -0.356 e. The van der Waals surface area contributed by atoms with Crippen LogP contribution < -0.4 is 5.32 Å². The smallest absolute Gasteiger partial charge is 0.223 e. The summed E-state index contributed by atoms with van der Waals surface area (Å²) in [5.74, 6) is 0.0413. The molecule has 0 aromatic heterocycles. The lowest BCUT2D eigenvalue weighted by molar-refractivity contribution is -0.126. The van der Waals surface area contributed by atoms with Crippen molar-refractivity contribution in [3.63, 3.8) is 0 Å². The molecule has 16 heavy (non-hydrogen) atoms. The van der Waals surface area contributed by atoms with Crippen molar-refractivity contribution in [3.8, 4) is 0 Å². The second-order valence-corrected chi connectivity index (χ2v) is 6.21. The fraction of sp³-hybridized carbons (Fsp3) is 0.900. The summed E-state index contributed by atoms with van der Waals surface area (Å²) in [6, 6.07) is 0. The molecule has 0 spiro atoms. The average molecular weight is 248 g/mol. The summed E-state index contributed by atoms with van der Waals surface area (Å²) in [6.45, 7) is 3.63. The number of rotatable bonds is 4. The van der Waals surface area contributed by atoms with E-state index in [-0.39, 0.29) is 11.8 Å². The van der Waals surface area contributed by atoms with Gasteiger partial charge in [-0.1, -0.05) is 6.92 Å². The van der Waals surface area contributed by atoms with Gasteiger partial charge in [-0.2, -0.15) is 0 Å². The highest BCUT2D eigenvalue weighted by molar-refractivity contribution is 7.88. The minimum absolute atomic E-state index is 0.0236. The van der Waals surface area contributed by atoms with Crippen molar-refractivity contribution >= 4 is 15.9 Å². The van der Waals surface area contributed by atoms with Crippen molar-refractivity contribution in [2.24, 2.45) is 5.92 Å². The van der Waals surface area contributed by atoms with Gasteiger partial charge in [0, 0.05) is 25.6 Å². The van der Waals surface area contributed by atoms with E-state index in [0.29, 0.717) is 32.5 Å². The molecule has 1 N–H and O–H groups in total. The summed E-state index contributed by atoms with van der Waals surface area (Å²) in [5, 5.41) is 2.85. The quantitative estimate of drug-likeness (QED) is 0.772. The summed E-state index contributed by atoms with van der Waals surface area (Å²) < 4.78 is 24.0. The lowest BCUT2D eigenvalue weighted by Crippen LogP contribution is -2.42. The molecule has 0 saturated carbocycles. The molecule has 1 aliphatic heterocycles. The summed E-state index contributed by atoms with van der Waals surface area (Å²) in [4.78, 5) is 11.6. The Morgan fingerprint density at radius 2 is 1.94 bits per heavy atom. The summed E-state index contributed by atoms with van der Waals surface area (Å²) in [6.07, 6.45) is 3.39. The van der Waals surface area contributed by atoms with E-state index in [9.17, 15) is 13.2 Å². The van der Waals surface area contributed by atoms with Crippen LogP contribution in [0.15, 0.2) is 0 Å². The van der Waals surface area contributed by atoms with Gasteiger partial charge < -0.3 is 5.32 Å². The Bertz CT molecular complexity index is 332. The Kier molecular flexibility index (Phi) is 4.73. The van der Waals surface area contributed by atoms with Crippen LogP contribution in [0.4, 0.5) is 0 Å². The minimum atomic E-state index is -3.09. The monoisotopic (exact) mass is 248 g/mol. The molecule has 1 saturated heterocycles. The van der Waals surface area contributed by atoms with Gasteiger partial charge >= 0.3 is 0 Å². The number of hydrogen-bond donors (Lipinski definition) is 1. The molecule has 0 unspecified atom stereocenters. The van der Waals surface area contributed by atoms with Crippen molar-refractivity contribution in [2.45, 2.75) is 26.2 Å². The van der Waals surface area contributed by atoms with E-state index in [1.165, 1.54) is 10.6 Å².